The number of hydrogen-bond acceptors (Lipinski definition) is 2. The number of halogens is 3. The third kappa shape index (κ3) is 6.69. The highest BCUT2D eigenvalue weighted by Crippen LogP contribution is 2.27. The summed E-state index contributed by atoms with van der Waals surface area (Å²) in [4.78, 5) is 27.8. The Hall–Kier alpha value is -2.11. The molecule has 0 aromatic heterocycles. The van der Waals surface area contributed by atoms with Gasteiger partial charge in [-0.2, -0.15) is 0 Å². The van der Waals surface area contributed by atoms with Crippen molar-refractivity contribution in [1.29, 1.82) is 0 Å². The maximum absolute atomic E-state index is 13.6. The zero-order valence-electron chi connectivity index (χ0n) is 18.2. The molecule has 1 atom stereocenters. The molecule has 0 spiro atoms. The van der Waals surface area contributed by atoms with Crippen LogP contribution in [0.5, 0.6) is 0 Å². The number of nitrogens with zero attached hydrogens (tertiary/aromatic N) is 1. The summed E-state index contributed by atoms with van der Waals surface area (Å²) >= 11 is 11.9. The van der Waals surface area contributed by atoms with Crippen molar-refractivity contribution in [3.8, 4) is 0 Å². The first-order valence-electron chi connectivity index (χ1n) is 11.0. The van der Waals surface area contributed by atoms with Gasteiger partial charge in [0.1, 0.15) is 17.7 Å². The van der Waals surface area contributed by atoms with E-state index in [9.17, 15) is 14.0 Å². The monoisotopic (exact) mass is 478 g/mol. The van der Waals surface area contributed by atoms with E-state index in [1.165, 1.54) is 17.0 Å². The number of carbonyl (C=O) groups is 2. The van der Waals surface area contributed by atoms with Gasteiger partial charge in [-0.25, -0.2) is 4.39 Å². The van der Waals surface area contributed by atoms with E-state index >= 15 is 0 Å². The number of nitrogens with one attached hydrogen (secondary N) is 1. The van der Waals surface area contributed by atoms with Gasteiger partial charge in [0.2, 0.25) is 11.8 Å². The molecule has 2 aromatic rings. The second-order valence-corrected chi connectivity index (χ2v) is 9.22. The van der Waals surface area contributed by atoms with Gasteiger partial charge in [-0.3, -0.25) is 9.59 Å². The molecular formula is C25H29Cl2FN2O2. The molecule has 4 nitrogen and oxygen atoms in total. The summed E-state index contributed by atoms with van der Waals surface area (Å²) in [5.74, 6) is -0.588. The largest absolute Gasteiger partial charge is 0.351 e. The van der Waals surface area contributed by atoms with E-state index in [1.54, 1.807) is 24.3 Å². The number of hydrogen-bond donors (Lipinski definition) is 1. The molecule has 2 aromatic carbocycles. The molecule has 1 aliphatic rings. The number of amides is 2. The number of benzene rings is 2. The summed E-state index contributed by atoms with van der Waals surface area (Å²) < 4.78 is 13.6. The lowest BCUT2D eigenvalue weighted by Gasteiger charge is -2.34. The minimum absolute atomic E-state index is 0.0749. The third-order valence-corrected chi connectivity index (χ3v) is 6.58. The van der Waals surface area contributed by atoms with E-state index in [0.29, 0.717) is 29.5 Å². The van der Waals surface area contributed by atoms with Crippen LogP contribution in [0.3, 0.4) is 0 Å². The molecule has 7 heteroatoms. The first-order valence-corrected chi connectivity index (χ1v) is 11.9. The molecule has 0 heterocycles. The molecule has 0 saturated heterocycles. The van der Waals surface area contributed by atoms with Crippen molar-refractivity contribution in [3.05, 3.63) is 70.5 Å². The fourth-order valence-corrected chi connectivity index (χ4v) is 4.46. The van der Waals surface area contributed by atoms with Crippen LogP contribution in [0.1, 0.15) is 49.8 Å². The fraction of sp³-hybridized carbons (Fsp3) is 0.440. The summed E-state index contributed by atoms with van der Waals surface area (Å²) in [6.07, 6.45) is 4.49. The van der Waals surface area contributed by atoms with Gasteiger partial charge < -0.3 is 10.2 Å². The molecule has 1 aliphatic carbocycles. The van der Waals surface area contributed by atoms with Crippen LogP contribution in [0.2, 0.25) is 5.02 Å². The van der Waals surface area contributed by atoms with E-state index in [2.05, 4.69) is 12.2 Å². The fourth-order valence-electron chi connectivity index (χ4n) is 4.18. The smallest absolute Gasteiger partial charge is 0.247 e. The molecule has 3 rings (SSSR count). The highest BCUT2D eigenvalue weighted by molar-refractivity contribution is 6.30. The van der Waals surface area contributed by atoms with Crippen molar-refractivity contribution in [2.45, 2.75) is 51.1 Å². The van der Waals surface area contributed by atoms with E-state index in [0.717, 1.165) is 31.2 Å². The number of alkyl halides is 1. The zero-order valence-corrected chi connectivity index (χ0v) is 19.7. The van der Waals surface area contributed by atoms with Crippen molar-refractivity contribution in [2.24, 2.45) is 5.92 Å². The Kier molecular flexibility index (Phi) is 8.94. The summed E-state index contributed by atoms with van der Waals surface area (Å²) in [5.41, 5.74) is 1.55. The van der Waals surface area contributed by atoms with Gasteiger partial charge in [0.05, 0.1) is 0 Å². The van der Waals surface area contributed by atoms with E-state index < -0.39 is 11.9 Å². The predicted molar refractivity (Wildman–Crippen MR) is 126 cm³/mol. The van der Waals surface area contributed by atoms with Crippen LogP contribution in [0.4, 0.5) is 4.39 Å². The highest BCUT2D eigenvalue weighted by Gasteiger charge is 2.32. The lowest BCUT2D eigenvalue weighted by atomic mass is 9.87. The number of rotatable bonds is 8. The van der Waals surface area contributed by atoms with Gasteiger partial charge in [-0.1, -0.05) is 42.8 Å². The molecule has 0 radical (unpaired) electrons. The van der Waals surface area contributed by atoms with Gasteiger partial charge in [0.15, 0.2) is 0 Å². The Labute approximate surface area is 199 Å². The zero-order chi connectivity index (χ0) is 23.1. The van der Waals surface area contributed by atoms with Crippen LogP contribution < -0.4 is 5.32 Å². The first-order chi connectivity index (χ1) is 15.4. The van der Waals surface area contributed by atoms with E-state index in [-0.39, 0.29) is 23.7 Å². The lowest BCUT2D eigenvalue weighted by molar-refractivity contribution is -0.139. The third-order valence-electron chi connectivity index (χ3n) is 6.10. The Morgan fingerprint density at radius 1 is 1.06 bits per heavy atom. The van der Waals surface area contributed by atoms with Crippen LogP contribution >= 0.6 is 23.2 Å². The molecule has 32 heavy (non-hydrogen) atoms. The van der Waals surface area contributed by atoms with Crippen molar-refractivity contribution in [3.63, 3.8) is 0 Å². The van der Waals surface area contributed by atoms with Gasteiger partial charge in [0, 0.05) is 17.6 Å². The summed E-state index contributed by atoms with van der Waals surface area (Å²) in [5, 5.41) is 3.76. The van der Waals surface area contributed by atoms with Crippen LogP contribution in [0.15, 0.2) is 48.5 Å². The van der Waals surface area contributed by atoms with Crippen LogP contribution in [-0.4, -0.2) is 35.2 Å². The quantitative estimate of drug-likeness (QED) is 0.507. The summed E-state index contributed by atoms with van der Waals surface area (Å²) in [6, 6.07) is 12.3. The van der Waals surface area contributed by atoms with Crippen molar-refractivity contribution < 1.29 is 14.0 Å². The summed E-state index contributed by atoms with van der Waals surface area (Å²) in [6.45, 7) is 2.52. The van der Waals surface area contributed by atoms with E-state index in [1.807, 2.05) is 12.1 Å². The SMILES string of the molecule is CC1CCC(NC(=O)[C@@H](c2ccc(F)cc2)N(CCc2ccc(Cl)cc2)C(=O)CCl)CC1. The lowest BCUT2D eigenvalue weighted by Crippen LogP contribution is -2.48. The van der Waals surface area contributed by atoms with Gasteiger partial charge in [-0.15, -0.1) is 11.6 Å². The maximum Gasteiger partial charge on any atom is 0.247 e. The topological polar surface area (TPSA) is 49.4 Å². The second-order valence-electron chi connectivity index (χ2n) is 8.52. The average molecular weight is 479 g/mol. The Morgan fingerprint density at radius 3 is 2.28 bits per heavy atom. The molecule has 0 unspecified atom stereocenters. The molecular weight excluding hydrogens is 450 g/mol. The maximum atomic E-state index is 13.6. The Balaban J connectivity index is 1.84. The molecule has 0 bridgehead atoms. The molecule has 0 aliphatic heterocycles. The average Bonchev–Trinajstić information content (AvgIpc) is 2.79. The normalized spacial score (nSPS) is 19.2. The van der Waals surface area contributed by atoms with Gasteiger partial charge >= 0.3 is 0 Å². The second kappa shape index (κ2) is 11.7. The number of carbonyl (C=O) groups excluding carboxylic acids is 2. The molecule has 1 fully saturated rings. The minimum atomic E-state index is -0.881. The van der Waals surface area contributed by atoms with Crippen LogP contribution in [0.25, 0.3) is 0 Å². The standard InChI is InChI=1S/C25H29Cl2FN2O2/c1-17-2-12-22(13-3-17)29-25(32)24(19-6-10-21(28)11-7-19)30(23(31)16-26)15-14-18-4-8-20(27)9-5-18/h4-11,17,22,24H,2-3,12-16H2,1H3,(H,29,32)/t17?,22?,24-/m1/s1. The molecule has 1 N–H and O–H groups in total. The Bertz CT molecular complexity index is 897. The molecule has 2 amide bonds. The minimum Gasteiger partial charge on any atom is -0.351 e. The summed E-state index contributed by atoms with van der Waals surface area (Å²) in [7, 11) is 0. The predicted octanol–water partition coefficient (Wildman–Crippen LogP) is 5.53. The van der Waals surface area contributed by atoms with Crippen LogP contribution in [-0.2, 0) is 16.0 Å². The van der Waals surface area contributed by atoms with Gasteiger partial charge in [-0.05, 0) is 73.4 Å². The van der Waals surface area contributed by atoms with Crippen molar-refractivity contribution >= 4 is 35.0 Å². The van der Waals surface area contributed by atoms with Crippen molar-refractivity contribution in [1.82, 2.24) is 10.2 Å². The van der Waals surface area contributed by atoms with Gasteiger partial charge in [0.25, 0.3) is 0 Å². The highest BCUT2D eigenvalue weighted by atomic mass is 35.5. The van der Waals surface area contributed by atoms with Crippen molar-refractivity contribution in [2.75, 3.05) is 12.4 Å². The molecule has 1 saturated carbocycles. The van der Waals surface area contributed by atoms with Crippen LogP contribution in [0, 0.1) is 11.7 Å². The molecule has 172 valence electrons. The Morgan fingerprint density at radius 2 is 1.69 bits per heavy atom. The first kappa shape index (κ1) is 24.5. The van der Waals surface area contributed by atoms with E-state index in [4.69, 9.17) is 23.2 Å².